The van der Waals surface area contributed by atoms with Crippen LogP contribution in [0.5, 0.6) is 90.6 Å². The van der Waals surface area contributed by atoms with Crippen LogP contribution in [-0.2, 0) is 0 Å². The highest BCUT2D eigenvalue weighted by atomic mass is 32.1. The summed E-state index contributed by atoms with van der Waals surface area (Å²) in [7, 11) is 0. The standard InChI is InChI=1S/2C4H5NO2.2C4H4O3.4C4H4O2S.4CH4/c2*6-3-1-5-2-4(3)7;4*5-3-1-7-2-4(3)6;2*5-3-1-2-7-4(3)6;;;;/h2*1-2,5-7H;6*1-2,5-6H;4*1H4. The van der Waals surface area contributed by atoms with E-state index in [-0.39, 0.29) is 120 Å². The number of aromatic amines is 2. The minimum Gasteiger partial charge on any atom is -0.504 e. The summed E-state index contributed by atoms with van der Waals surface area (Å²) in [5, 5.41) is 145. The lowest BCUT2D eigenvalue weighted by molar-refractivity contribution is 0.407. The Hall–Kier alpha value is -7.28. The van der Waals surface area contributed by atoms with Gasteiger partial charge in [-0.1, -0.05) is 29.7 Å². The van der Waals surface area contributed by atoms with E-state index >= 15 is 0 Å². The van der Waals surface area contributed by atoms with Crippen molar-refractivity contribution in [1.29, 1.82) is 0 Å². The maximum absolute atomic E-state index is 8.53. The van der Waals surface area contributed by atoms with Crippen LogP contribution >= 0.6 is 45.3 Å². The second-order valence-corrected chi connectivity index (χ2v) is 12.5. The molecule has 0 aliphatic carbocycles. The molecule has 8 aromatic rings. The van der Waals surface area contributed by atoms with E-state index in [4.69, 9.17) is 81.7 Å². The Labute approximate surface area is 359 Å². The van der Waals surface area contributed by atoms with E-state index < -0.39 is 0 Å². The molecule has 0 unspecified atom stereocenters. The molecule has 60 heavy (non-hydrogen) atoms. The van der Waals surface area contributed by atoms with Gasteiger partial charge < -0.3 is 101 Å². The van der Waals surface area contributed by atoms with Crippen molar-refractivity contribution in [2.24, 2.45) is 0 Å². The predicted octanol–water partition coefficient (Wildman–Crippen LogP) is 9.41. The van der Waals surface area contributed by atoms with Crippen LogP contribution in [0.2, 0.25) is 0 Å². The summed E-state index contributed by atoms with van der Waals surface area (Å²) in [6.07, 6.45) is 9.41. The third-order valence-corrected chi connectivity index (χ3v) is 7.99. The number of hydrogen-bond donors (Lipinski definition) is 18. The maximum Gasteiger partial charge on any atom is 0.214 e. The third kappa shape index (κ3) is 23.7. The molecule has 0 saturated heterocycles. The van der Waals surface area contributed by atoms with E-state index in [1.807, 2.05) is 0 Å². The Morgan fingerprint density at radius 3 is 0.617 bits per heavy atom. The number of hydrogen-bond acceptors (Lipinski definition) is 22. The van der Waals surface area contributed by atoms with Crippen LogP contribution < -0.4 is 0 Å². The zero-order valence-corrected chi connectivity index (χ0v) is 31.1. The Balaban J connectivity index is -0.000000296. The van der Waals surface area contributed by atoms with Crippen molar-refractivity contribution in [2.75, 3.05) is 0 Å². The number of nitrogens with one attached hydrogen (secondary N) is 2. The van der Waals surface area contributed by atoms with Gasteiger partial charge in [-0.3, -0.25) is 0 Å². The smallest absolute Gasteiger partial charge is 0.214 e. The number of aromatic hydroxyl groups is 16. The number of aromatic nitrogens is 2. The van der Waals surface area contributed by atoms with E-state index in [0.29, 0.717) is 0 Å². The minimum absolute atomic E-state index is 0. The lowest BCUT2D eigenvalue weighted by Crippen LogP contribution is -1.50. The highest BCUT2D eigenvalue weighted by Gasteiger charge is 1.98. The van der Waals surface area contributed by atoms with Crippen molar-refractivity contribution in [3.8, 4) is 90.6 Å². The zero-order chi connectivity index (χ0) is 42.2. The van der Waals surface area contributed by atoms with E-state index in [1.54, 1.807) is 10.8 Å². The first-order valence-electron chi connectivity index (χ1n) is 14.2. The molecule has 0 amide bonds. The van der Waals surface area contributed by atoms with Crippen LogP contribution in [-0.4, -0.2) is 91.7 Å². The second kappa shape index (κ2) is 31.8. The Morgan fingerprint density at radius 2 is 0.550 bits per heavy atom. The maximum atomic E-state index is 8.53. The Morgan fingerprint density at radius 1 is 0.317 bits per heavy atom. The minimum atomic E-state index is -0.222. The lowest BCUT2D eigenvalue weighted by atomic mass is 10.6. The van der Waals surface area contributed by atoms with Gasteiger partial charge >= 0.3 is 0 Å². The normalized spacial score (nSPS) is 8.53. The zero-order valence-electron chi connectivity index (χ0n) is 27.8. The van der Waals surface area contributed by atoms with Crippen molar-refractivity contribution in [3.63, 3.8) is 0 Å². The van der Waals surface area contributed by atoms with Crippen LogP contribution in [0.3, 0.4) is 0 Å². The first-order valence-corrected chi connectivity index (χ1v) is 17.9. The summed E-state index contributed by atoms with van der Waals surface area (Å²) in [5.41, 5.74) is 0. The molecular formula is C36H50N2O18S4. The molecule has 0 aliphatic heterocycles. The summed E-state index contributed by atoms with van der Waals surface area (Å²) in [5.74, 6) is -1.56. The molecule has 8 heterocycles. The fourth-order valence-corrected chi connectivity index (χ4v) is 4.58. The molecule has 0 aromatic carbocycles. The van der Waals surface area contributed by atoms with Gasteiger partial charge in [-0.05, 0) is 22.9 Å². The summed E-state index contributed by atoms with van der Waals surface area (Å²) < 4.78 is 8.69. The summed E-state index contributed by atoms with van der Waals surface area (Å²) >= 11 is 4.75. The predicted molar refractivity (Wildman–Crippen MR) is 230 cm³/mol. The fraction of sp³-hybridized carbons (Fsp3) is 0.111. The molecule has 0 fully saturated rings. The van der Waals surface area contributed by atoms with E-state index in [2.05, 4.69) is 18.8 Å². The van der Waals surface area contributed by atoms with E-state index in [9.17, 15) is 0 Å². The molecule has 0 saturated carbocycles. The van der Waals surface area contributed by atoms with Gasteiger partial charge in [-0.25, -0.2) is 0 Å². The first-order chi connectivity index (χ1) is 26.4. The average molecular weight is 927 g/mol. The summed E-state index contributed by atoms with van der Waals surface area (Å²) in [6.45, 7) is 0. The monoisotopic (exact) mass is 926 g/mol. The molecule has 0 bridgehead atoms. The van der Waals surface area contributed by atoms with Gasteiger partial charge in [0, 0.05) is 46.3 Å². The molecule has 20 nitrogen and oxygen atoms in total. The number of H-pyrrole nitrogens is 2. The Bertz CT molecular complexity index is 1600. The molecule has 18 N–H and O–H groups in total. The fourth-order valence-electron chi connectivity index (χ4n) is 2.42. The van der Waals surface area contributed by atoms with Crippen molar-refractivity contribution in [3.05, 3.63) is 94.3 Å². The van der Waals surface area contributed by atoms with Crippen LogP contribution in [0.4, 0.5) is 0 Å². The largest absolute Gasteiger partial charge is 0.504 e. The molecule has 336 valence electrons. The Kier molecular flexibility index (Phi) is 31.5. The molecule has 0 spiro atoms. The molecule has 8 rings (SSSR count). The molecular weight excluding hydrogens is 877 g/mol. The highest BCUT2D eigenvalue weighted by Crippen LogP contribution is 2.31. The second-order valence-electron chi connectivity index (χ2n) is 9.24. The average Bonchev–Trinajstić information content (AvgIpc) is 4.07. The van der Waals surface area contributed by atoms with Crippen LogP contribution in [0.25, 0.3) is 0 Å². The van der Waals surface area contributed by atoms with Crippen molar-refractivity contribution in [2.45, 2.75) is 29.7 Å². The lowest BCUT2D eigenvalue weighted by Gasteiger charge is -1.79. The van der Waals surface area contributed by atoms with E-state index in [0.717, 1.165) is 47.7 Å². The molecule has 8 aromatic heterocycles. The number of furan rings is 2. The topological polar surface area (TPSA) is 382 Å². The molecule has 0 aliphatic rings. The van der Waals surface area contributed by atoms with Crippen molar-refractivity contribution >= 4 is 45.3 Å². The van der Waals surface area contributed by atoms with Crippen LogP contribution in [0.15, 0.2) is 103 Å². The van der Waals surface area contributed by atoms with Gasteiger partial charge in [-0.15, -0.1) is 45.3 Å². The van der Waals surface area contributed by atoms with Crippen molar-refractivity contribution in [1.82, 2.24) is 9.97 Å². The van der Waals surface area contributed by atoms with Gasteiger partial charge in [0.15, 0.2) is 80.5 Å². The summed E-state index contributed by atoms with van der Waals surface area (Å²) in [4.78, 5) is 5.00. The summed E-state index contributed by atoms with van der Waals surface area (Å²) in [6, 6.07) is 2.89. The van der Waals surface area contributed by atoms with Gasteiger partial charge in [-0.2, -0.15) is 0 Å². The molecule has 0 atom stereocenters. The van der Waals surface area contributed by atoms with Gasteiger partial charge in [0.1, 0.15) is 25.1 Å². The number of rotatable bonds is 0. The quantitative estimate of drug-likeness (QED) is 0.0672. The SMILES string of the molecule is C.C.C.C.Oc1c[nH]cc1O.Oc1c[nH]cc1O.Oc1ccsc1O.Oc1ccsc1O.Oc1cocc1O.Oc1cocc1O.Oc1cscc1O.Oc1cscc1O. The van der Waals surface area contributed by atoms with Crippen molar-refractivity contribution < 1.29 is 90.5 Å². The third-order valence-electron chi connectivity index (χ3n) is 5.14. The van der Waals surface area contributed by atoms with Gasteiger partial charge in [0.25, 0.3) is 0 Å². The number of thiophene rings is 4. The van der Waals surface area contributed by atoms with Gasteiger partial charge in [0.05, 0.1) is 0 Å². The molecule has 24 heteroatoms. The van der Waals surface area contributed by atoms with Crippen LogP contribution in [0, 0.1) is 0 Å². The highest BCUT2D eigenvalue weighted by molar-refractivity contribution is 7.12. The first kappa shape index (κ1) is 59.4. The molecule has 0 radical (unpaired) electrons. The van der Waals surface area contributed by atoms with Crippen LogP contribution in [0.1, 0.15) is 29.7 Å². The van der Waals surface area contributed by atoms with Gasteiger partial charge in [0.2, 0.25) is 10.1 Å². The van der Waals surface area contributed by atoms with E-state index in [1.165, 1.54) is 81.1 Å².